The van der Waals surface area contributed by atoms with Gasteiger partial charge in [0.1, 0.15) is 6.54 Å². The molecule has 1 aromatic rings. The van der Waals surface area contributed by atoms with E-state index in [0.29, 0.717) is 15.7 Å². The zero-order valence-electron chi connectivity index (χ0n) is 10.5. The Morgan fingerprint density at radius 1 is 1.42 bits per heavy atom. The maximum atomic E-state index is 12.4. The Bertz CT molecular complexity index is 489. The number of hydrogen-bond acceptors (Lipinski definition) is 2. The fourth-order valence-corrected chi connectivity index (χ4v) is 2.11. The van der Waals surface area contributed by atoms with Crippen LogP contribution in [0.1, 0.15) is 22.8 Å². The van der Waals surface area contributed by atoms with Crippen LogP contribution in [0.25, 0.3) is 0 Å². The average molecular weight is 339 g/mol. The topological polar surface area (TPSA) is 46.3 Å². The molecule has 106 valence electrons. The molecule has 0 aliphatic carbocycles. The highest BCUT2D eigenvalue weighted by atomic mass is 79.9. The van der Waals surface area contributed by atoms with Crippen LogP contribution in [-0.4, -0.2) is 30.1 Å². The second-order valence-electron chi connectivity index (χ2n) is 4.10. The van der Waals surface area contributed by atoms with E-state index in [0.717, 1.165) is 4.90 Å². The van der Waals surface area contributed by atoms with Gasteiger partial charge in [-0.2, -0.15) is 13.2 Å². The van der Waals surface area contributed by atoms with E-state index in [1.807, 2.05) is 0 Å². The van der Waals surface area contributed by atoms with Crippen LogP contribution in [-0.2, 0) is 0 Å². The van der Waals surface area contributed by atoms with Gasteiger partial charge in [0, 0.05) is 22.3 Å². The van der Waals surface area contributed by atoms with Crippen LogP contribution in [0.15, 0.2) is 16.6 Å². The van der Waals surface area contributed by atoms with Gasteiger partial charge in [0.15, 0.2) is 0 Å². The van der Waals surface area contributed by atoms with E-state index < -0.39 is 18.6 Å². The second-order valence-corrected chi connectivity index (χ2v) is 5.02. The summed E-state index contributed by atoms with van der Waals surface area (Å²) in [5.74, 6) is -0.676. The van der Waals surface area contributed by atoms with Gasteiger partial charge in [-0.3, -0.25) is 4.79 Å². The Kier molecular flexibility index (Phi) is 4.84. The predicted octanol–water partition coefficient (Wildman–Crippen LogP) is 3.36. The smallest absolute Gasteiger partial charge is 0.398 e. The van der Waals surface area contributed by atoms with Gasteiger partial charge in [-0.05, 0) is 31.5 Å². The van der Waals surface area contributed by atoms with Crippen molar-refractivity contribution in [2.45, 2.75) is 20.0 Å². The summed E-state index contributed by atoms with van der Waals surface area (Å²) in [7, 11) is 0. The Morgan fingerprint density at radius 3 is 2.47 bits per heavy atom. The number of rotatable bonds is 3. The van der Waals surface area contributed by atoms with Crippen LogP contribution in [0.2, 0.25) is 0 Å². The normalized spacial score (nSPS) is 11.5. The van der Waals surface area contributed by atoms with Crippen molar-refractivity contribution in [2.24, 2.45) is 0 Å². The molecule has 0 aromatic heterocycles. The third-order valence-electron chi connectivity index (χ3n) is 2.68. The standard InChI is InChI=1S/C12H14BrF3N2O/c1-3-18(6-12(14,15)16)11(19)9-4-8(13)5-10(17)7(9)2/h4-5H,3,6,17H2,1-2H3. The zero-order valence-corrected chi connectivity index (χ0v) is 12.1. The number of carbonyl (C=O) groups excluding carboxylic acids is 1. The summed E-state index contributed by atoms with van der Waals surface area (Å²) in [6.45, 7) is 1.81. The Hall–Kier alpha value is -1.24. The first-order valence-corrected chi connectivity index (χ1v) is 6.36. The van der Waals surface area contributed by atoms with Crippen LogP contribution >= 0.6 is 15.9 Å². The lowest BCUT2D eigenvalue weighted by Crippen LogP contribution is -2.39. The number of nitrogens with two attached hydrogens (primary N) is 1. The highest BCUT2D eigenvalue weighted by Gasteiger charge is 2.33. The molecule has 0 aliphatic heterocycles. The van der Waals surface area contributed by atoms with Crippen LogP contribution in [0, 0.1) is 6.92 Å². The van der Waals surface area contributed by atoms with E-state index in [1.165, 1.54) is 13.0 Å². The molecule has 0 bridgehead atoms. The molecule has 1 rings (SSSR count). The van der Waals surface area contributed by atoms with Gasteiger partial charge < -0.3 is 10.6 Å². The van der Waals surface area contributed by atoms with Crippen molar-refractivity contribution in [3.63, 3.8) is 0 Å². The summed E-state index contributed by atoms with van der Waals surface area (Å²) in [4.78, 5) is 12.9. The summed E-state index contributed by atoms with van der Waals surface area (Å²) in [5.41, 5.74) is 6.73. The molecule has 1 aromatic carbocycles. The molecular weight excluding hydrogens is 325 g/mol. The Labute approximate surface area is 117 Å². The number of halogens is 4. The van der Waals surface area contributed by atoms with E-state index in [1.54, 1.807) is 13.0 Å². The van der Waals surface area contributed by atoms with Crippen molar-refractivity contribution in [1.29, 1.82) is 0 Å². The summed E-state index contributed by atoms with van der Waals surface area (Å²) < 4.78 is 37.8. The van der Waals surface area contributed by atoms with Gasteiger partial charge in [0.2, 0.25) is 0 Å². The molecular formula is C12H14BrF3N2O. The predicted molar refractivity (Wildman–Crippen MR) is 70.9 cm³/mol. The minimum absolute atomic E-state index is 0.0236. The number of hydrogen-bond donors (Lipinski definition) is 1. The molecule has 0 aliphatic rings. The number of anilines is 1. The van der Waals surface area contributed by atoms with E-state index in [4.69, 9.17) is 5.73 Å². The zero-order chi connectivity index (χ0) is 14.8. The molecule has 0 saturated carbocycles. The third kappa shape index (κ3) is 4.12. The lowest BCUT2D eigenvalue weighted by molar-refractivity contribution is -0.140. The van der Waals surface area contributed by atoms with Crippen LogP contribution in [0.4, 0.5) is 18.9 Å². The molecule has 0 heterocycles. The first kappa shape index (κ1) is 15.8. The van der Waals surface area contributed by atoms with Gasteiger partial charge in [-0.25, -0.2) is 0 Å². The first-order valence-electron chi connectivity index (χ1n) is 5.57. The number of nitrogen functional groups attached to an aromatic ring is 1. The molecule has 3 nitrogen and oxygen atoms in total. The first-order chi connectivity index (χ1) is 8.65. The van der Waals surface area contributed by atoms with E-state index in [-0.39, 0.29) is 12.1 Å². The minimum Gasteiger partial charge on any atom is -0.398 e. The highest BCUT2D eigenvalue weighted by Crippen LogP contribution is 2.25. The lowest BCUT2D eigenvalue weighted by Gasteiger charge is -2.23. The molecule has 0 unspecified atom stereocenters. The van der Waals surface area contributed by atoms with Gasteiger partial charge in [0.25, 0.3) is 5.91 Å². The Morgan fingerprint density at radius 2 is 2.00 bits per heavy atom. The fraction of sp³-hybridized carbons (Fsp3) is 0.417. The van der Waals surface area contributed by atoms with Crippen LogP contribution in [0.3, 0.4) is 0 Å². The maximum Gasteiger partial charge on any atom is 0.406 e. The van der Waals surface area contributed by atoms with Crippen molar-refractivity contribution in [2.75, 3.05) is 18.8 Å². The SMILES string of the molecule is CCN(CC(F)(F)F)C(=O)c1cc(Br)cc(N)c1C. The Balaban J connectivity index is 3.11. The summed E-state index contributed by atoms with van der Waals surface area (Å²) >= 11 is 3.17. The van der Waals surface area contributed by atoms with Gasteiger partial charge >= 0.3 is 6.18 Å². The summed E-state index contributed by atoms with van der Waals surface area (Å²) in [6.07, 6.45) is -4.42. The lowest BCUT2D eigenvalue weighted by atomic mass is 10.1. The summed E-state index contributed by atoms with van der Waals surface area (Å²) in [6, 6.07) is 3.08. The van der Waals surface area contributed by atoms with E-state index in [2.05, 4.69) is 15.9 Å². The maximum absolute atomic E-state index is 12.4. The molecule has 0 atom stereocenters. The monoisotopic (exact) mass is 338 g/mol. The average Bonchev–Trinajstić information content (AvgIpc) is 2.28. The largest absolute Gasteiger partial charge is 0.406 e. The fourth-order valence-electron chi connectivity index (χ4n) is 1.64. The van der Waals surface area contributed by atoms with Crippen molar-refractivity contribution < 1.29 is 18.0 Å². The number of benzene rings is 1. The van der Waals surface area contributed by atoms with Crippen LogP contribution in [0.5, 0.6) is 0 Å². The van der Waals surface area contributed by atoms with Crippen molar-refractivity contribution >= 4 is 27.5 Å². The molecule has 2 N–H and O–H groups in total. The van der Waals surface area contributed by atoms with Gasteiger partial charge in [0.05, 0.1) is 0 Å². The molecule has 7 heteroatoms. The van der Waals surface area contributed by atoms with Crippen molar-refractivity contribution in [1.82, 2.24) is 4.90 Å². The second kappa shape index (κ2) is 5.81. The number of nitrogens with zero attached hydrogens (tertiary/aromatic N) is 1. The molecule has 0 saturated heterocycles. The van der Waals surface area contributed by atoms with Gasteiger partial charge in [-0.15, -0.1) is 0 Å². The molecule has 0 radical (unpaired) electrons. The van der Waals surface area contributed by atoms with E-state index in [9.17, 15) is 18.0 Å². The molecule has 19 heavy (non-hydrogen) atoms. The number of amides is 1. The number of carbonyl (C=O) groups is 1. The third-order valence-corrected chi connectivity index (χ3v) is 3.14. The van der Waals surface area contributed by atoms with Crippen molar-refractivity contribution in [3.8, 4) is 0 Å². The van der Waals surface area contributed by atoms with Gasteiger partial charge in [-0.1, -0.05) is 15.9 Å². The number of alkyl halides is 3. The molecule has 0 fully saturated rings. The highest BCUT2D eigenvalue weighted by molar-refractivity contribution is 9.10. The molecule has 0 spiro atoms. The van der Waals surface area contributed by atoms with Crippen molar-refractivity contribution in [3.05, 3.63) is 27.7 Å². The summed E-state index contributed by atoms with van der Waals surface area (Å²) in [5, 5.41) is 0. The minimum atomic E-state index is -4.42. The van der Waals surface area contributed by atoms with E-state index >= 15 is 0 Å². The quantitative estimate of drug-likeness (QED) is 0.859. The molecule has 1 amide bonds. The van der Waals surface area contributed by atoms with Crippen LogP contribution < -0.4 is 5.73 Å².